The molecule has 7 heteroatoms. The van der Waals surface area contributed by atoms with E-state index in [9.17, 15) is 4.79 Å². The predicted molar refractivity (Wildman–Crippen MR) is 52.7 cm³/mol. The Morgan fingerprint density at radius 1 is 1.29 bits per heavy atom. The fraction of sp³-hybridized carbons (Fsp3) is 0.571. The number of hydrogen-bond acceptors (Lipinski definition) is 6. The highest BCUT2D eigenvalue weighted by Crippen LogP contribution is 1.95. The zero-order chi connectivity index (χ0) is 11.5. The van der Waals surface area contributed by atoms with E-state index in [0.29, 0.717) is 0 Å². The molecule has 0 aliphatic carbocycles. The molecule has 3 atom stereocenters. The Bertz CT molecular complexity index is 263. The molecule has 80 valence electrons. The minimum atomic E-state index is -1.50. The summed E-state index contributed by atoms with van der Waals surface area (Å²) in [5.74, 6) is -1.50. The number of carboxylic acid groups (broad SMARTS) is 1. The van der Waals surface area contributed by atoms with Crippen molar-refractivity contribution in [1.29, 1.82) is 10.8 Å². The summed E-state index contributed by atoms with van der Waals surface area (Å²) in [6.45, 7) is 1.60. The van der Waals surface area contributed by atoms with Crippen LogP contribution in [0.5, 0.6) is 0 Å². The van der Waals surface area contributed by atoms with Gasteiger partial charge in [0, 0.05) is 12.1 Å². The summed E-state index contributed by atoms with van der Waals surface area (Å²) in [6, 6.07) is -2.23. The molecule has 0 radical (unpaired) electrons. The zero-order valence-corrected chi connectivity index (χ0v) is 7.82. The summed E-state index contributed by atoms with van der Waals surface area (Å²) in [7, 11) is 0. The maximum Gasteiger partial charge on any atom is 0.355 e. The maximum absolute atomic E-state index is 10.3. The lowest BCUT2D eigenvalue weighted by molar-refractivity contribution is -0.129. The average molecular weight is 201 g/mol. The van der Waals surface area contributed by atoms with Gasteiger partial charge in [-0.05, 0) is 6.92 Å². The fourth-order valence-electron chi connectivity index (χ4n) is 0.801. The summed E-state index contributed by atoms with van der Waals surface area (Å²) in [5.41, 5.74) is 15.1. The third-order valence-corrected chi connectivity index (χ3v) is 1.84. The van der Waals surface area contributed by atoms with Crippen molar-refractivity contribution in [1.82, 2.24) is 0 Å². The van der Waals surface area contributed by atoms with Crippen LogP contribution in [0, 0.1) is 10.8 Å². The van der Waals surface area contributed by atoms with Crippen LogP contribution in [0.1, 0.15) is 6.92 Å². The van der Waals surface area contributed by atoms with Crippen molar-refractivity contribution in [3.8, 4) is 0 Å². The Kier molecular flexibility index (Phi) is 4.35. The van der Waals surface area contributed by atoms with Crippen molar-refractivity contribution in [2.24, 2.45) is 17.2 Å². The number of nitrogens with one attached hydrogen (secondary N) is 2. The Morgan fingerprint density at radius 2 is 1.71 bits per heavy atom. The molecule has 0 bridgehead atoms. The summed E-state index contributed by atoms with van der Waals surface area (Å²) in [6.07, 6.45) is 0. The second-order valence-electron chi connectivity index (χ2n) is 3.06. The van der Waals surface area contributed by atoms with Gasteiger partial charge in [0.2, 0.25) is 0 Å². The summed E-state index contributed by atoms with van der Waals surface area (Å²) >= 11 is 0. The maximum atomic E-state index is 10.3. The van der Waals surface area contributed by atoms with Gasteiger partial charge in [-0.15, -0.1) is 0 Å². The highest BCUT2D eigenvalue weighted by Gasteiger charge is 2.26. The Hall–Kier alpha value is -1.31. The van der Waals surface area contributed by atoms with Crippen LogP contribution in [0.15, 0.2) is 0 Å². The minimum absolute atomic E-state index is 0.466. The monoisotopic (exact) mass is 201 g/mol. The lowest BCUT2D eigenvalue weighted by Crippen LogP contribution is -2.57. The highest BCUT2D eigenvalue weighted by atomic mass is 16.4. The molecule has 0 aliphatic heterocycles. The van der Waals surface area contributed by atoms with Crippen LogP contribution in [0.4, 0.5) is 0 Å². The first-order valence-electron chi connectivity index (χ1n) is 3.96. The largest absolute Gasteiger partial charge is 0.476 e. The van der Waals surface area contributed by atoms with Crippen LogP contribution in [0.2, 0.25) is 0 Å². The van der Waals surface area contributed by atoms with Gasteiger partial charge >= 0.3 is 5.97 Å². The van der Waals surface area contributed by atoms with E-state index < -0.39 is 35.5 Å². The average Bonchev–Trinajstić information content (AvgIpc) is 2.12. The topological polar surface area (TPSA) is 163 Å². The number of carbonyl (C=O) groups is 1. The zero-order valence-electron chi connectivity index (χ0n) is 7.82. The van der Waals surface area contributed by atoms with Gasteiger partial charge in [0.25, 0.3) is 0 Å². The van der Waals surface area contributed by atoms with Gasteiger partial charge in [0.05, 0.1) is 11.8 Å². The van der Waals surface area contributed by atoms with Crippen LogP contribution >= 0.6 is 0 Å². The summed E-state index contributed by atoms with van der Waals surface area (Å²) in [4.78, 5) is 10.3. The highest BCUT2D eigenvalue weighted by molar-refractivity contribution is 6.64. The summed E-state index contributed by atoms with van der Waals surface area (Å²) < 4.78 is 0. The van der Waals surface area contributed by atoms with E-state index in [0.717, 1.165) is 0 Å². The van der Waals surface area contributed by atoms with Crippen molar-refractivity contribution in [2.45, 2.75) is 25.0 Å². The molecule has 7 nitrogen and oxygen atoms in total. The van der Waals surface area contributed by atoms with Crippen LogP contribution in [0.25, 0.3) is 0 Å². The molecular weight excluding hydrogens is 186 g/mol. The van der Waals surface area contributed by atoms with Gasteiger partial charge in [-0.1, -0.05) is 0 Å². The van der Waals surface area contributed by atoms with Crippen LogP contribution < -0.4 is 17.2 Å². The molecule has 0 aromatic carbocycles. The van der Waals surface area contributed by atoms with Gasteiger partial charge in [0.15, 0.2) is 5.71 Å². The molecule has 0 spiro atoms. The van der Waals surface area contributed by atoms with E-state index >= 15 is 0 Å². The quantitative estimate of drug-likeness (QED) is 0.286. The van der Waals surface area contributed by atoms with E-state index in [-0.39, 0.29) is 0 Å². The molecule has 0 fully saturated rings. The number of nitrogens with two attached hydrogens (primary N) is 3. The molecule has 0 heterocycles. The molecule has 14 heavy (non-hydrogen) atoms. The number of aliphatic carboxylic acids is 1. The van der Waals surface area contributed by atoms with Crippen molar-refractivity contribution in [3.63, 3.8) is 0 Å². The van der Waals surface area contributed by atoms with Gasteiger partial charge in [-0.2, -0.15) is 0 Å². The van der Waals surface area contributed by atoms with Crippen LogP contribution in [-0.2, 0) is 4.79 Å². The SMILES string of the molecule is CC(N)C(N)C(N)C(=N)C(=N)C(=O)O. The summed E-state index contributed by atoms with van der Waals surface area (Å²) in [5, 5.41) is 22.7. The molecule has 0 amide bonds. The molecular formula is C7H15N5O2. The van der Waals surface area contributed by atoms with Gasteiger partial charge in [-0.25, -0.2) is 4.79 Å². The lowest BCUT2D eigenvalue weighted by Gasteiger charge is -2.23. The van der Waals surface area contributed by atoms with E-state index in [1.54, 1.807) is 6.92 Å². The molecule has 0 aliphatic rings. The first-order chi connectivity index (χ1) is 6.29. The fourth-order valence-corrected chi connectivity index (χ4v) is 0.801. The molecule has 3 unspecified atom stereocenters. The lowest BCUT2D eigenvalue weighted by atomic mass is 9.96. The second-order valence-corrected chi connectivity index (χ2v) is 3.06. The van der Waals surface area contributed by atoms with E-state index in [1.165, 1.54) is 0 Å². The van der Waals surface area contributed by atoms with Gasteiger partial charge < -0.3 is 27.7 Å². The number of rotatable bonds is 5. The van der Waals surface area contributed by atoms with Gasteiger partial charge in [0.1, 0.15) is 0 Å². The normalized spacial score (nSPS) is 16.9. The third kappa shape index (κ3) is 2.87. The Morgan fingerprint density at radius 3 is 2.00 bits per heavy atom. The number of hydrogen-bond donors (Lipinski definition) is 6. The third-order valence-electron chi connectivity index (χ3n) is 1.84. The van der Waals surface area contributed by atoms with Crippen molar-refractivity contribution in [2.75, 3.05) is 0 Å². The minimum Gasteiger partial charge on any atom is -0.476 e. The van der Waals surface area contributed by atoms with Crippen LogP contribution in [0.3, 0.4) is 0 Å². The van der Waals surface area contributed by atoms with Crippen LogP contribution in [-0.4, -0.2) is 40.6 Å². The second kappa shape index (κ2) is 4.80. The molecule has 0 rings (SSSR count). The first-order valence-corrected chi connectivity index (χ1v) is 3.96. The smallest absolute Gasteiger partial charge is 0.355 e. The Labute approximate surface area is 81.3 Å². The Balaban J connectivity index is 4.55. The molecule has 0 aromatic rings. The molecule has 0 saturated heterocycles. The predicted octanol–water partition coefficient (Wildman–Crippen LogP) is -1.89. The van der Waals surface area contributed by atoms with Gasteiger partial charge in [-0.3, -0.25) is 5.41 Å². The van der Waals surface area contributed by atoms with Crippen molar-refractivity contribution < 1.29 is 9.90 Å². The van der Waals surface area contributed by atoms with Crippen molar-refractivity contribution >= 4 is 17.4 Å². The van der Waals surface area contributed by atoms with Crippen molar-refractivity contribution in [3.05, 3.63) is 0 Å². The molecule has 9 N–H and O–H groups in total. The number of carboxylic acids is 1. The molecule has 0 aromatic heterocycles. The van der Waals surface area contributed by atoms with E-state index in [2.05, 4.69) is 0 Å². The standard InChI is InChI=1S/C7H15N5O2/c1-2(8)3(9)4(10)5(11)6(12)7(13)14/h2-4,11-12H,8-10H2,1H3,(H,13,14). The van der Waals surface area contributed by atoms with E-state index in [4.69, 9.17) is 33.1 Å². The first kappa shape index (κ1) is 12.7. The van der Waals surface area contributed by atoms with E-state index in [1.807, 2.05) is 0 Å². The molecule has 0 saturated carbocycles.